The number of nitrogens with one attached hydrogen (secondary N) is 1. The summed E-state index contributed by atoms with van der Waals surface area (Å²) in [6.45, 7) is 3.55. The molecule has 3 amide bonds. The second-order valence-corrected chi connectivity index (χ2v) is 7.48. The Morgan fingerprint density at radius 2 is 1.83 bits per heavy atom. The molecule has 4 rings (SSSR count). The van der Waals surface area contributed by atoms with E-state index in [0.29, 0.717) is 16.4 Å². The van der Waals surface area contributed by atoms with Crippen molar-refractivity contribution in [2.75, 3.05) is 16.8 Å². The summed E-state index contributed by atoms with van der Waals surface area (Å²) in [5.74, 6) is -1.27. The molecule has 0 saturated carbocycles. The molecule has 1 fully saturated rings. The van der Waals surface area contributed by atoms with Crippen molar-refractivity contribution in [2.45, 2.75) is 25.9 Å². The van der Waals surface area contributed by atoms with Gasteiger partial charge in [0.2, 0.25) is 5.91 Å². The normalized spacial score (nSPS) is 20.4. The predicted octanol–water partition coefficient (Wildman–Crippen LogP) is 2.89. The smallest absolute Gasteiger partial charge is 0.263 e. The van der Waals surface area contributed by atoms with E-state index in [1.165, 1.54) is 5.01 Å². The Hall–Kier alpha value is -3.26. The quantitative estimate of drug-likeness (QED) is 0.782. The molecule has 2 heterocycles. The van der Waals surface area contributed by atoms with Gasteiger partial charge in [0.25, 0.3) is 11.8 Å². The Morgan fingerprint density at radius 1 is 1.10 bits per heavy atom. The number of halogens is 1. The summed E-state index contributed by atoms with van der Waals surface area (Å²) in [7, 11) is 0. The third-order valence-corrected chi connectivity index (χ3v) is 5.16. The van der Waals surface area contributed by atoms with Gasteiger partial charge in [-0.25, -0.2) is 4.90 Å². The van der Waals surface area contributed by atoms with Crippen LogP contribution in [0.1, 0.15) is 11.1 Å². The average Bonchev–Trinajstić information content (AvgIpc) is 3.19. The van der Waals surface area contributed by atoms with Crippen LogP contribution in [0.3, 0.4) is 0 Å². The SMILES string of the molecule is Cc1ccc(N2C(=O)[C@@H]3N=NN(CC(=O)Nc4cc(Cl)ccc4C)[C@H]3C2=O)cc1. The minimum absolute atomic E-state index is 0.211. The molecule has 8 nitrogen and oxygen atoms in total. The van der Waals surface area contributed by atoms with Crippen molar-refractivity contribution in [3.63, 3.8) is 0 Å². The van der Waals surface area contributed by atoms with Crippen LogP contribution in [0.15, 0.2) is 52.8 Å². The second kappa shape index (κ2) is 7.29. The van der Waals surface area contributed by atoms with Crippen LogP contribution in [0.2, 0.25) is 5.02 Å². The third-order valence-electron chi connectivity index (χ3n) is 4.93. The van der Waals surface area contributed by atoms with Crippen LogP contribution in [0.25, 0.3) is 0 Å². The average molecular weight is 412 g/mol. The number of hydrogen-bond donors (Lipinski definition) is 1. The fourth-order valence-electron chi connectivity index (χ4n) is 3.37. The summed E-state index contributed by atoms with van der Waals surface area (Å²) in [6.07, 6.45) is 0. The number of nitrogens with zero attached hydrogens (tertiary/aromatic N) is 4. The molecule has 0 aromatic heterocycles. The molecule has 2 aliphatic rings. The molecule has 0 spiro atoms. The fourth-order valence-corrected chi connectivity index (χ4v) is 3.54. The number of carbonyl (C=O) groups is 3. The van der Waals surface area contributed by atoms with Gasteiger partial charge in [-0.3, -0.25) is 19.4 Å². The van der Waals surface area contributed by atoms with Gasteiger partial charge in [0.1, 0.15) is 6.54 Å². The summed E-state index contributed by atoms with van der Waals surface area (Å²) < 4.78 is 0. The van der Waals surface area contributed by atoms with Crippen molar-refractivity contribution in [3.8, 4) is 0 Å². The summed E-state index contributed by atoms with van der Waals surface area (Å²) in [5, 5.41) is 12.3. The van der Waals surface area contributed by atoms with E-state index in [1.54, 1.807) is 30.3 Å². The molecule has 0 unspecified atom stereocenters. The number of aryl methyl sites for hydroxylation is 2. The lowest BCUT2D eigenvalue weighted by Gasteiger charge is -2.20. The van der Waals surface area contributed by atoms with Gasteiger partial charge >= 0.3 is 0 Å². The first-order valence-corrected chi connectivity index (χ1v) is 9.41. The van der Waals surface area contributed by atoms with Crippen LogP contribution in [-0.4, -0.2) is 41.4 Å². The zero-order valence-corrected chi connectivity index (χ0v) is 16.6. The van der Waals surface area contributed by atoms with E-state index in [4.69, 9.17) is 11.6 Å². The Labute approximate surface area is 172 Å². The zero-order valence-electron chi connectivity index (χ0n) is 15.8. The summed E-state index contributed by atoms with van der Waals surface area (Å²) in [5.41, 5.74) is 2.92. The number of benzene rings is 2. The van der Waals surface area contributed by atoms with Crippen molar-refractivity contribution in [2.24, 2.45) is 10.3 Å². The molecule has 9 heteroatoms. The maximum absolute atomic E-state index is 12.9. The third kappa shape index (κ3) is 3.47. The van der Waals surface area contributed by atoms with Crippen LogP contribution in [0.4, 0.5) is 11.4 Å². The van der Waals surface area contributed by atoms with Crippen LogP contribution >= 0.6 is 11.6 Å². The van der Waals surface area contributed by atoms with Crippen molar-refractivity contribution in [1.29, 1.82) is 0 Å². The van der Waals surface area contributed by atoms with E-state index < -0.39 is 23.9 Å². The van der Waals surface area contributed by atoms with E-state index in [2.05, 4.69) is 15.7 Å². The molecule has 1 saturated heterocycles. The van der Waals surface area contributed by atoms with Gasteiger partial charge in [0, 0.05) is 10.7 Å². The van der Waals surface area contributed by atoms with Gasteiger partial charge < -0.3 is 5.32 Å². The Balaban J connectivity index is 1.49. The highest BCUT2D eigenvalue weighted by Gasteiger charge is 2.55. The van der Waals surface area contributed by atoms with Gasteiger partial charge in [-0.15, -0.1) is 0 Å². The summed E-state index contributed by atoms with van der Waals surface area (Å²) in [4.78, 5) is 39.2. The minimum atomic E-state index is -0.940. The topological polar surface area (TPSA) is 94.4 Å². The predicted molar refractivity (Wildman–Crippen MR) is 108 cm³/mol. The minimum Gasteiger partial charge on any atom is -0.324 e. The van der Waals surface area contributed by atoms with Crippen LogP contribution < -0.4 is 10.2 Å². The van der Waals surface area contributed by atoms with Gasteiger partial charge in [-0.05, 0) is 43.7 Å². The second-order valence-electron chi connectivity index (χ2n) is 7.05. The lowest BCUT2D eigenvalue weighted by Crippen LogP contribution is -2.43. The molecular weight excluding hydrogens is 394 g/mol. The summed E-state index contributed by atoms with van der Waals surface area (Å²) in [6, 6.07) is 10.4. The standard InChI is InChI=1S/C20H18ClN5O3/c1-11-3-7-14(8-4-11)26-19(28)17-18(20(26)29)25(24-23-17)10-16(27)22-15-9-13(21)6-5-12(15)2/h3-9,17-18H,10H2,1-2H3,(H,22,27)/t17-,18-/m1/s1. The van der Waals surface area contributed by atoms with Gasteiger partial charge in [-0.2, -0.15) is 5.11 Å². The number of imide groups is 1. The van der Waals surface area contributed by atoms with Gasteiger partial charge in [0.05, 0.1) is 5.69 Å². The number of hydrogen-bond acceptors (Lipinski definition) is 6. The van der Waals surface area contributed by atoms with E-state index in [1.807, 2.05) is 26.0 Å². The Bertz CT molecular complexity index is 1040. The molecule has 2 aromatic rings. The van der Waals surface area contributed by atoms with Crippen molar-refractivity contribution in [3.05, 3.63) is 58.6 Å². The van der Waals surface area contributed by atoms with E-state index in [0.717, 1.165) is 16.0 Å². The highest BCUT2D eigenvalue weighted by Crippen LogP contribution is 2.32. The molecule has 0 radical (unpaired) electrons. The van der Waals surface area contributed by atoms with Gasteiger partial charge in [-0.1, -0.05) is 40.6 Å². The van der Waals surface area contributed by atoms with Crippen LogP contribution in [-0.2, 0) is 14.4 Å². The molecule has 2 aromatic carbocycles. The fraction of sp³-hybridized carbons (Fsp3) is 0.250. The first-order chi connectivity index (χ1) is 13.8. The monoisotopic (exact) mass is 411 g/mol. The highest BCUT2D eigenvalue weighted by molar-refractivity contribution is 6.31. The molecule has 0 bridgehead atoms. The number of rotatable bonds is 4. The number of amides is 3. The first kappa shape index (κ1) is 19.1. The number of carbonyl (C=O) groups excluding carboxylic acids is 3. The van der Waals surface area contributed by atoms with E-state index >= 15 is 0 Å². The van der Waals surface area contributed by atoms with Crippen molar-refractivity contribution < 1.29 is 14.4 Å². The largest absolute Gasteiger partial charge is 0.324 e. The lowest BCUT2D eigenvalue weighted by atomic mass is 10.1. The Kier molecular flexibility index (Phi) is 4.79. The maximum Gasteiger partial charge on any atom is 0.263 e. The van der Waals surface area contributed by atoms with Crippen molar-refractivity contribution in [1.82, 2.24) is 5.01 Å². The molecule has 1 N–H and O–H groups in total. The Morgan fingerprint density at radius 3 is 2.55 bits per heavy atom. The van der Waals surface area contributed by atoms with E-state index in [9.17, 15) is 14.4 Å². The highest BCUT2D eigenvalue weighted by atomic mass is 35.5. The summed E-state index contributed by atoms with van der Waals surface area (Å²) >= 11 is 5.98. The number of fused-ring (bicyclic) bond motifs is 1. The number of anilines is 2. The van der Waals surface area contributed by atoms with Crippen LogP contribution in [0.5, 0.6) is 0 Å². The zero-order chi connectivity index (χ0) is 20.7. The molecule has 148 valence electrons. The van der Waals surface area contributed by atoms with E-state index in [-0.39, 0.29) is 12.5 Å². The lowest BCUT2D eigenvalue weighted by molar-refractivity contribution is -0.123. The molecule has 29 heavy (non-hydrogen) atoms. The van der Waals surface area contributed by atoms with Crippen LogP contribution in [0, 0.1) is 13.8 Å². The molecular formula is C20H18ClN5O3. The van der Waals surface area contributed by atoms with Crippen molar-refractivity contribution >= 4 is 40.7 Å². The van der Waals surface area contributed by atoms with Gasteiger partial charge in [0.15, 0.2) is 12.1 Å². The molecule has 2 atom stereocenters. The maximum atomic E-state index is 12.9. The molecule has 0 aliphatic carbocycles. The molecule has 2 aliphatic heterocycles. The first-order valence-electron chi connectivity index (χ1n) is 9.03.